The van der Waals surface area contributed by atoms with Gasteiger partial charge in [0.1, 0.15) is 5.82 Å². The van der Waals surface area contributed by atoms with Crippen molar-refractivity contribution in [2.75, 3.05) is 5.75 Å². The fourth-order valence-electron chi connectivity index (χ4n) is 2.86. The molecule has 1 heterocycles. The lowest BCUT2D eigenvalue weighted by molar-refractivity contribution is 0.578. The molecule has 0 aliphatic heterocycles. The van der Waals surface area contributed by atoms with Crippen molar-refractivity contribution >= 4 is 20.9 Å². The number of halogens is 1. The highest BCUT2D eigenvalue weighted by Gasteiger charge is 2.12. The number of aromatic nitrogens is 1. The maximum Gasteiger partial charge on any atom is 0.212 e. The van der Waals surface area contributed by atoms with Gasteiger partial charge in [0.2, 0.25) is 10.0 Å². The number of hydrogen-bond donors (Lipinski definition) is 1. The molecule has 0 spiro atoms. The Labute approximate surface area is 147 Å². The number of fused-ring (bicyclic) bond motifs is 1. The molecular formula is C19H21FN2O2S. The molecule has 0 aliphatic rings. The van der Waals surface area contributed by atoms with Crippen LogP contribution < -0.4 is 4.72 Å². The summed E-state index contributed by atoms with van der Waals surface area (Å²) in [7, 11) is -1.47. The van der Waals surface area contributed by atoms with Gasteiger partial charge >= 0.3 is 0 Å². The van der Waals surface area contributed by atoms with Gasteiger partial charge in [0, 0.05) is 30.2 Å². The topological polar surface area (TPSA) is 51.1 Å². The predicted octanol–water partition coefficient (Wildman–Crippen LogP) is 3.29. The minimum atomic E-state index is -3.47. The summed E-state index contributed by atoms with van der Waals surface area (Å²) >= 11 is 0. The number of hydrogen-bond acceptors (Lipinski definition) is 2. The molecule has 25 heavy (non-hydrogen) atoms. The van der Waals surface area contributed by atoms with Gasteiger partial charge in [-0.05, 0) is 48.7 Å². The summed E-state index contributed by atoms with van der Waals surface area (Å²) in [5.41, 5.74) is 3.57. The second-order valence-electron chi connectivity index (χ2n) is 6.22. The van der Waals surface area contributed by atoms with Crippen molar-refractivity contribution in [3.8, 4) is 0 Å². The van der Waals surface area contributed by atoms with Crippen LogP contribution in [0.25, 0.3) is 10.9 Å². The van der Waals surface area contributed by atoms with Crippen LogP contribution in [0.15, 0.2) is 48.5 Å². The molecule has 0 amide bonds. The third-order valence-electron chi connectivity index (χ3n) is 4.44. The summed E-state index contributed by atoms with van der Waals surface area (Å²) in [6.45, 7) is 2.26. The van der Waals surface area contributed by atoms with E-state index in [1.54, 1.807) is 18.2 Å². The van der Waals surface area contributed by atoms with Crippen LogP contribution in [-0.4, -0.2) is 18.7 Å². The van der Waals surface area contributed by atoms with Crippen LogP contribution in [0.3, 0.4) is 0 Å². The van der Waals surface area contributed by atoms with Gasteiger partial charge in [-0.2, -0.15) is 0 Å². The van der Waals surface area contributed by atoms with E-state index in [0.717, 1.165) is 22.2 Å². The molecule has 0 saturated carbocycles. The van der Waals surface area contributed by atoms with Crippen LogP contribution in [0.2, 0.25) is 0 Å². The van der Waals surface area contributed by atoms with Crippen molar-refractivity contribution in [2.45, 2.75) is 19.9 Å². The minimum Gasteiger partial charge on any atom is -0.348 e. The normalized spacial score (nSPS) is 12.0. The molecule has 2 aromatic carbocycles. The van der Waals surface area contributed by atoms with Crippen LogP contribution in [0.1, 0.15) is 16.8 Å². The van der Waals surface area contributed by atoms with E-state index in [-0.39, 0.29) is 24.5 Å². The van der Waals surface area contributed by atoms with Crippen LogP contribution in [0, 0.1) is 12.7 Å². The highest BCUT2D eigenvalue weighted by molar-refractivity contribution is 7.89. The fraction of sp³-hybridized carbons (Fsp3) is 0.263. The number of aryl methyl sites for hydroxylation is 3. The standard InChI is InChI=1S/C19H21FN2O2S/c1-14-11-17-12-15(7-8-19(17)22(14)2)13-21-25(23,24)10-9-16-5-3-4-6-18(16)20/h3-8,11-12,21H,9-10,13H2,1-2H3. The van der Waals surface area contributed by atoms with Gasteiger partial charge in [-0.15, -0.1) is 0 Å². The smallest absolute Gasteiger partial charge is 0.212 e. The Hall–Kier alpha value is -2.18. The SMILES string of the molecule is Cc1cc2cc(CNS(=O)(=O)CCc3ccccc3F)ccc2n1C. The molecular weight excluding hydrogens is 339 g/mol. The van der Waals surface area contributed by atoms with E-state index in [4.69, 9.17) is 0 Å². The first kappa shape index (κ1) is 17.6. The molecule has 0 unspecified atom stereocenters. The molecule has 6 heteroatoms. The van der Waals surface area contributed by atoms with Crippen molar-refractivity contribution in [3.63, 3.8) is 0 Å². The van der Waals surface area contributed by atoms with E-state index in [1.807, 2.05) is 32.2 Å². The van der Waals surface area contributed by atoms with E-state index >= 15 is 0 Å². The van der Waals surface area contributed by atoms with Crippen LogP contribution >= 0.6 is 0 Å². The third kappa shape index (κ3) is 4.08. The van der Waals surface area contributed by atoms with Gasteiger partial charge in [0.15, 0.2) is 0 Å². The summed E-state index contributed by atoms with van der Waals surface area (Å²) in [6, 6.07) is 14.2. The molecule has 0 bridgehead atoms. The molecule has 0 fully saturated rings. The molecule has 0 saturated heterocycles. The molecule has 1 aromatic heterocycles. The van der Waals surface area contributed by atoms with E-state index in [2.05, 4.69) is 15.4 Å². The van der Waals surface area contributed by atoms with Gasteiger partial charge < -0.3 is 4.57 Å². The fourth-order valence-corrected chi connectivity index (χ4v) is 3.88. The zero-order valence-corrected chi connectivity index (χ0v) is 15.1. The number of benzene rings is 2. The van der Waals surface area contributed by atoms with E-state index in [1.165, 1.54) is 6.07 Å². The zero-order valence-electron chi connectivity index (χ0n) is 14.3. The zero-order chi connectivity index (χ0) is 18.0. The minimum absolute atomic E-state index is 0.138. The average molecular weight is 360 g/mol. The first-order valence-electron chi connectivity index (χ1n) is 8.11. The van der Waals surface area contributed by atoms with Crippen LogP contribution in [-0.2, 0) is 30.0 Å². The molecule has 0 radical (unpaired) electrons. The first-order valence-corrected chi connectivity index (χ1v) is 9.77. The van der Waals surface area contributed by atoms with Gasteiger partial charge in [-0.1, -0.05) is 24.3 Å². The highest BCUT2D eigenvalue weighted by atomic mass is 32.2. The monoisotopic (exact) mass is 360 g/mol. The number of nitrogens with zero attached hydrogens (tertiary/aromatic N) is 1. The predicted molar refractivity (Wildman–Crippen MR) is 98.4 cm³/mol. The lowest BCUT2D eigenvalue weighted by Crippen LogP contribution is -2.27. The molecule has 0 aliphatic carbocycles. The van der Waals surface area contributed by atoms with Crippen molar-refractivity contribution in [3.05, 3.63) is 71.2 Å². The maximum absolute atomic E-state index is 13.6. The number of nitrogens with one attached hydrogen (secondary N) is 1. The van der Waals surface area contributed by atoms with Gasteiger partial charge in [0.25, 0.3) is 0 Å². The summed E-state index contributed by atoms with van der Waals surface area (Å²) < 4.78 is 42.6. The quantitative estimate of drug-likeness (QED) is 0.733. The summed E-state index contributed by atoms with van der Waals surface area (Å²) in [5.74, 6) is -0.511. The van der Waals surface area contributed by atoms with Crippen molar-refractivity contribution < 1.29 is 12.8 Å². The van der Waals surface area contributed by atoms with E-state index < -0.39 is 10.0 Å². The summed E-state index contributed by atoms with van der Waals surface area (Å²) in [5, 5.41) is 1.09. The van der Waals surface area contributed by atoms with E-state index in [0.29, 0.717) is 5.56 Å². The number of sulfonamides is 1. The molecule has 3 rings (SSSR count). The Kier molecular flexibility index (Phi) is 4.92. The summed E-state index contributed by atoms with van der Waals surface area (Å²) in [6.07, 6.45) is 0.152. The van der Waals surface area contributed by atoms with Crippen molar-refractivity contribution in [2.24, 2.45) is 7.05 Å². The second-order valence-corrected chi connectivity index (χ2v) is 8.15. The Morgan fingerprint density at radius 2 is 1.88 bits per heavy atom. The summed E-state index contributed by atoms with van der Waals surface area (Å²) in [4.78, 5) is 0. The molecule has 0 atom stereocenters. The first-order chi connectivity index (χ1) is 11.9. The Balaban J connectivity index is 1.65. The maximum atomic E-state index is 13.6. The number of rotatable bonds is 6. The molecule has 132 valence electrons. The van der Waals surface area contributed by atoms with Crippen LogP contribution in [0.4, 0.5) is 4.39 Å². The average Bonchev–Trinajstić information content (AvgIpc) is 2.86. The van der Waals surface area contributed by atoms with Gasteiger partial charge in [-0.25, -0.2) is 17.5 Å². The van der Waals surface area contributed by atoms with Crippen molar-refractivity contribution in [1.82, 2.24) is 9.29 Å². The van der Waals surface area contributed by atoms with Gasteiger partial charge in [-0.3, -0.25) is 0 Å². The second kappa shape index (κ2) is 6.98. The molecule has 4 nitrogen and oxygen atoms in total. The Morgan fingerprint density at radius 1 is 1.12 bits per heavy atom. The Morgan fingerprint density at radius 3 is 2.64 bits per heavy atom. The van der Waals surface area contributed by atoms with Gasteiger partial charge in [0.05, 0.1) is 5.75 Å². The largest absolute Gasteiger partial charge is 0.348 e. The molecule has 3 aromatic rings. The highest BCUT2D eigenvalue weighted by Crippen LogP contribution is 2.20. The van der Waals surface area contributed by atoms with E-state index in [9.17, 15) is 12.8 Å². The lowest BCUT2D eigenvalue weighted by Gasteiger charge is -2.08. The lowest BCUT2D eigenvalue weighted by atomic mass is 10.1. The molecule has 1 N–H and O–H groups in total. The van der Waals surface area contributed by atoms with Crippen molar-refractivity contribution in [1.29, 1.82) is 0 Å². The van der Waals surface area contributed by atoms with Crippen LogP contribution in [0.5, 0.6) is 0 Å². The third-order valence-corrected chi connectivity index (χ3v) is 5.77. The Bertz CT molecular complexity index is 1010.